The first kappa shape index (κ1) is 25.2. The van der Waals surface area contributed by atoms with Crippen LogP contribution in [0.1, 0.15) is 147 Å². The zero-order valence-electron chi connectivity index (χ0n) is 21.9. The molecule has 1 heterocycles. The van der Waals surface area contributed by atoms with Crippen LogP contribution in [-0.2, 0) is 6.42 Å². The van der Waals surface area contributed by atoms with Crippen molar-refractivity contribution in [3.8, 4) is 0 Å². The second-order valence-electron chi connectivity index (χ2n) is 12.1. The van der Waals surface area contributed by atoms with E-state index >= 15 is 0 Å². The predicted octanol–water partition coefficient (Wildman–Crippen LogP) is 9.29. The highest BCUT2D eigenvalue weighted by Crippen LogP contribution is 2.47. The zero-order valence-corrected chi connectivity index (χ0v) is 21.9. The molecule has 0 atom stereocenters. The van der Waals surface area contributed by atoms with Crippen LogP contribution >= 0.6 is 0 Å². The van der Waals surface area contributed by atoms with Gasteiger partial charge >= 0.3 is 0 Å². The third-order valence-electron chi connectivity index (χ3n) is 9.94. The highest BCUT2D eigenvalue weighted by molar-refractivity contribution is 5.08. The van der Waals surface area contributed by atoms with E-state index < -0.39 is 0 Å². The standard InChI is InChI=1S/C31H52N2/c1-3-5-7-9-24-10-12-26(13-11-24)27-14-16-28(17-15-27)29-18-20-30(21-19-29)31-32-22-25(23-33-31)8-6-4-2/h22-24,26-30H,3-21H2,1-2H3. The SMILES string of the molecule is CCCCCC1CCC(C2CCC(C3CCC(c4ncc(CCCC)cn4)CC3)CC2)CC1. The molecule has 1 aromatic rings. The molecule has 0 aromatic carbocycles. The molecule has 3 aliphatic rings. The van der Waals surface area contributed by atoms with E-state index in [0.29, 0.717) is 5.92 Å². The van der Waals surface area contributed by atoms with Crippen LogP contribution in [0.3, 0.4) is 0 Å². The van der Waals surface area contributed by atoms with Gasteiger partial charge in [0.2, 0.25) is 0 Å². The van der Waals surface area contributed by atoms with E-state index in [4.69, 9.17) is 9.97 Å². The second-order valence-corrected chi connectivity index (χ2v) is 12.1. The number of aromatic nitrogens is 2. The first-order valence-electron chi connectivity index (χ1n) is 15.1. The first-order valence-corrected chi connectivity index (χ1v) is 15.1. The molecule has 3 aliphatic carbocycles. The van der Waals surface area contributed by atoms with E-state index in [1.54, 1.807) is 25.7 Å². The summed E-state index contributed by atoms with van der Waals surface area (Å²) in [6, 6.07) is 0. The third-order valence-corrected chi connectivity index (χ3v) is 9.94. The van der Waals surface area contributed by atoms with Gasteiger partial charge in [-0.2, -0.15) is 0 Å². The molecule has 33 heavy (non-hydrogen) atoms. The Labute approximate surface area is 205 Å². The number of hydrogen-bond acceptors (Lipinski definition) is 2. The summed E-state index contributed by atoms with van der Waals surface area (Å²) < 4.78 is 0. The van der Waals surface area contributed by atoms with Crippen LogP contribution in [0.25, 0.3) is 0 Å². The fraction of sp³-hybridized carbons (Fsp3) is 0.871. The van der Waals surface area contributed by atoms with Gasteiger partial charge < -0.3 is 0 Å². The number of nitrogens with zero attached hydrogens (tertiary/aromatic N) is 2. The largest absolute Gasteiger partial charge is 0.241 e. The monoisotopic (exact) mass is 452 g/mol. The maximum absolute atomic E-state index is 4.77. The van der Waals surface area contributed by atoms with Crippen LogP contribution in [0.5, 0.6) is 0 Å². The fourth-order valence-corrected chi connectivity index (χ4v) is 7.65. The van der Waals surface area contributed by atoms with Gasteiger partial charge in [-0.3, -0.25) is 0 Å². The average Bonchev–Trinajstić information content (AvgIpc) is 2.89. The highest BCUT2D eigenvalue weighted by atomic mass is 14.9. The molecule has 0 amide bonds. The Morgan fingerprint density at radius 2 is 1.09 bits per heavy atom. The van der Waals surface area contributed by atoms with Gasteiger partial charge in [0.25, 0.3) is 0 Å². The summed E-state index contributed by atoms with van der Waals surface area (Å²) in [6.45, 7) is 4.58. The summed E-state index contributed by atoms with van der Waals surface area (Å²) in [5.74, 6) is 6.95. The molecule has 0 N–H and O–H groups in total. The maximum atomic E-state index is 4.77. The summed E-state index contributed by atoms with van der Waals surface area (Å²) in [4.78, 5) is 9.54. The van der Waals surface area contributed by atoms with Crippen molar-refractivity contribution >= 4 is 0 Å². The normalized spacial score (nSPS) is 33.2. The number of aryl methyl sites for hydroxylation is 1. The molecule has 0 bridgehead atoms. The lowest BCUT2D eigenvalue weighted by atomic mass is 9.65. The molecule has 0 spiro atoms. The maximum Gasteiger partial charge on any atom is 0.131 e. The Bertz CT molecular complexity index is 644. The highest BCUT2D eigenvalue weighted by Gasteiger charge is 2.35. The number of rotatable bonds is 10. The minimum atomic E-state index is 0.616. The molecule has 4 rings (SSSR count). The Hall–Kier alpha value is -0.920. The molecule has 0 unspecified atom stereocenters. The van der Waals surface area contributed by atoms with Gasteiger partial charge in [-0.05, 0) is 112 Å². The van der Waals surface area contributed by atoms with Crippen LogP contribution in [0.15, 0.2) is 12.4 Å². The molecule has 0 aliphatic heterocycles. The summed E-state index contributed by atoms with van der Waals surface area (Å²) in [6.07, 6.45) is 31.4. The lowest BCUT2D eigenvalue weighted by Gasteiger charge is -2.41. The van der Waals surface area contributed by atoms with Crippen LogP contribution in [-0.4, -0.2) is 9.97 Å². The molecule has 3 fully saturated rings. The average molecular weight is 453 g/mol. The third kappa shape index (κ3) is 7.28. The lowest BCUT2D eigenvalue weighted by Crippen LogP contribution is -2.29. The van der Waals surface area contributed by atoms with Crippen LogP contribution in [0.2, 0.25) is 0 Å². The number of unbranched alkanes of at least 4 members (excludes halogenated alkanes) is 3. The van der Waals surface area contributed by atoms with Crippen molar-refractivity contribution in [1.82, 2.24) is 9.97 Å². The van der Waals surface area contributed by atoms with Crippen molar-refractivity contribution < 1.29 is 0 Å². The van der Waals surface area contributed by atoms with Gasteiger partial charge in [-0.25, -0.2) is 9.97 Å². The van der Waals surface area contributed by atoms with Gasteiger partial charge in [-0.15, -0.1) is 0 Å². The summed E-state index contributed by atoms with van der Waals surface area (Å²) in [5.41, 5.74) is 1.32. The van der Waals surface area contributed by atoms with Crippen molar-refractivity contribution in [2.24, 2.45) is 29.6 Å². The second kappa shape index (κ2) is 13.2. The molecule has 2 nitrogen and oxygen atoms in total. The fourth-order valence-electron chi connectivity index (χ4n) is 7.65. The molecular formula is C31H52N2. The van der Waals surface area contributed by atoms with Gasteiger partial charge in [0.1, 0.15) is 5.82 Å². The van der Waals surface area contributed by atoms with E-state index in [2.05, 4.69) is 26.2 Å². The van der Waals surface area contributed by atoms with E-state index in [1.165, 1.54) is 95.5 Å². The smallest absolute Gasteiger partial charge is 0.131 e. The minimum absolute atomic E-state index is 0.616. The van der Waals surface area contributed by atoms with Gasteiger partial charge in [0, 0.05) is 18.3 Å². The van der Waals surface area contributed by atoms with Crippen LogP contribution in [0.4, 0.5) is 0 Å². The molecular weight excluding hydrogens is 400 g/mol. The number of hydrogen-bond donors (Lipinski definition) is 0. The van der Waals surface area contributed by atoms with E-state index in [0.717, 1.165) is 41.8 Å². The molecule has 0 radical (unpaired) electrons. The summed E-state index contributed by atoms with van der Waals surface area (Å²) >= 11 is 0. The Morgan fingerprint density at radius 1 is 0.606 bits per heavy atom. The van der Waals surface area contributed by atoms with Crippen LogP contribution in [0, 0.1) is 29.6 Å². The quantitative estimate of drug-likeness (QED) is 0.330. The van der Waals surface area contributed by atoms with Crippen molar-refractivity contribution in [2.45, 2.75) is 142 Å². The molecule has 3 saturated carbocycles. The van der Waals surface area contributed by atoms with E-state index in [1.807, 2.05) is 0 Å². The molecule has 186 valence electrons. The van der Waals surface area contributed by atoms with Gasteiger partial charge in [0.05, 0.1) is 0 Å². The van der Waals surface area contributed by atoms with Crippen LogP contribution < -0.4 is 0 Å². The Morgan fingerprint density at radius 3 is 1.61 bits per heavy atom. The zero-order chi connectivity index (χ0) is 22.9. The Kier molecular flexibility index (Phi) is 10.1. The van der Waals surface area contributed by atoms with Crippen molar-refractivity contribution in [2.75, 3.05) is 0 Å². The van der Waals surface area contributed by atoms with Gasteiger partial charge in [0.15, 0.2) is 0 Å². The summed E-state index contributed by atoms with van der Waals surface area (Å²) in [5, 5.41) is 0. The topological polar surface area (TPSA) is 25.8 Å². The first-order chi connectivity index (χ1) is 16.3. The minimum Gasteiger partial charge on any atom is -0.241 e. The lowest BCUT2D eigenvalue weighted by molar-refractivity contribution is 0.108. The van der Waals surface area contributed by atoms with E-state index in [-0.39, 0.29) is 0 Å². The van der Waals surface area contributed by atoms with Gasteiger partial charge in [-0.1, -0.05) is 58.8 Å². The van der Waals surface area contributed by atoms with Crippen molar-refractivity contribution in [3.05, 3.63) is 23.8 Å². The summed E-state index contributed by atoms with van der Waals surface area (Å²) in [7, 11) is 0. The predicted molar refractivity (Wildman–Crippen MR) is 140 cm³/mol. The van der Waals surface area contributed by atoms with E-state index in [9.17, 15) is 0 Å². The molecule has 2 heteroatoms. The molecule has 0 saturated heterocycles. The molecule has 1 aromatic heterocycles. The Balaban J connectivity index is 1.14. The van der Waals surface area contributed by atoms with Crippen molar-refractivity contribution in [1.29, 1.82) is 0 Å². The van der Waals surface area contributed by atoms with Crippen molar-refractivity contribution in [3.63, 3.8) is 0 Å².